The number of amides is 1. The fourth-order valence-corrected chi connectivity index (χ4v) is 4.24. The molecule has 0 bridgehead atoms. The number of carbonyl (C=O) groups excluding carboxylic acids is 1. The number of aromatic nitrogens is 1. The van der Waals surface area contributed by atoms with Crippen LogP contribution in [0.5, 0.6) is 23.0 Å². The van der Waals surface area contributed by atoms with Gasteiger partial charge in [0, 0.05) is 5.56 Å². The van der Waals surface area contributed by atoms with E-state index in [1.54, 1.807) is 21.3 Å². The molecule has 1 unspecified atom stereocenters. The van der Waals surface area contributed by atoms with Gasteiger partial charge in [-0.2, -0.15) is 0 Å². The molecule has 1 amide bonds. The van der Waals surface area contributed by atoms with Crippen LogP contribution in [0.2, 0.25) is 0 Å². The Bertz CT molecular complexity index is 1100. The van der Waals surface area contributed by atoms with Crippen molar-refractivity contribution >= 4 is 17.2 Å². The van der Waals surface area contributed by atoms with Crippen LogP contribution in [0, 0.1) is 6.92 Å². The fraction of sp³-hybridized carbons (Fsp3) is 0.333. The molecule has 1 atom stereocenters. The number of rotatable bonds is 9. The molecule has 32 heavy (non-hydrogen) atoms. The maximum atomic E-state index is 13.0. The molecule has 3 aromatic rings. The largest absolute Gasteiger partial charge is 0.493 e. The third-order valence-electron chi connectivity index (χ3n) is 4.97. The van der Waals surface area contributed by atoms with E-state index in [9.17, 15) is 4.79 Å². The Kier molecular flexibility index (Phi) is 7.58. The first-order chi connectivity index (χ1) is 15.4. The van der Waals surface area contributed by atoms with Gasteiger partial charge in [-0.3, -0.25) is 4.79 Å². The van der Waals surface area contributed by atoms with E-state index in [2.05, 4.69) is 10.3 Å². The first kappa shape index (κ1) is 23.4. The lowest BCUT2D eigenvalue weighted by molar-refractivity contribution is 0.0943. The van der Waals surface area contributed by atoms with E-state index in [1.165, 1.54) is 11.3 Å². The van der Waals surface area contributed by atoms with Gasteiger partial charge in [-0.05, 0) is 56.7 Å². The summed E-state index contributed by atoms with van der Waals surface area (Å²) in [6.07, 6.45) is 0. The highest BCUT2D eigenvalue weighted by molar-refractivity contribution is 7.17. The first-order valence-electron chi connectivity index (χ1n) is 10.2. The molecule has 1 aromatic heterocycles. The molecule has 3 rings (SSSR count). The van der Waals surface area contributed by atoms with E-state index < -0.39 is 0 Å². The molecule has 0 aliphatic rings. The maximum Gasteiger partial charge on any atom is 0.263 e. The van der Waals surface area contributed by atoms with E-state index in [4.69, 9.17) is 18.9 Å². The summed E-state index contributed by atoms with van der Waals surface area (Å²) in [5.41, 5.74) is 2.45. The van der Waals surface area contributed by atoms with E-state index in [0.717, 1.165) is 16.1 Å². The van der Waals surface area contributed by atoms with Crippen molar-refractivity contribution < 1.29 is 23.7 Å². The highest BCUT2D eigenvalue weighted by atomic mass is 32.1. The minimum Gasteiger partial charge on any atom is -0.493 e. The smallest absolute Gasteiger partial charge is 0.263 e. The second-order valence-corrected chi connectivity index (χ2v) is 8.04. The average molecular weight is 457 g/mol. The van der Waals surface area contributed by atoms with Crippen molar-refractivity contribution in [3.8, 4) is 33.6 Å². The quantitative estimate of drug-likeness (QED) is 0.486. The zero-order valence-corrected chi connectivity index (χ0v) is 20.0. The van der Waals surface area contributed by atoms with Crippen molar-refractivity contribution in [3.05, 3.63) is 52.5 Å². The summed E-state index contributed by atoms with van der Waals surface area (Å²) in [5, 5.41) is 3.79. The number of nitrogens with zero attached hydrogens (tertiary/aromatic N) is 1. The van der Waals surface area contributed by atoms with Gasteiger partial charge in [-0.25, -0.2) is 4.98 Å². The molecule has 0 saturated carbocycles. The molecule has 170 valence electrons. The van der Waals surface area contributed by atoms with Gasteiger partial charge in [-0.15, -0.1) is 11.3 Å². The van der Waals surface area contributed by atoms with Crippen LogP contribution in [0.15, 0.2) is 36.4 Å². The van der Waals surface area contributed by atoms with Gasteiger partial charge >= 0.3 is 0 Å². The zero-order chi connectivity index (χ0) is 23.3. The van der Waals surface area contributed by atoms with Crippen LogP contribution >= 0.6 is 11.3 Å². The normalized spacial score (nSPS) is 11.6. The minimum atomic E-state index is -0.224. The van der Waals surface area contributed by atoms with Crippen LogP contribution < -0.4 is 24.3 Å². The number of benzene rings is 2. The van der Waals surface area contributed by atoms with Gasteiger partial charge in [0.25, 0.3) is 5.91 Å². The molecule has 0 saturated heterocycles. The average Bonchev–Trinajstić information content (AvgIpc) is 3.20. The van der Waals surface area contributed by atoms with E-state index in [0.29, 0.717) is 40.2 Å². The van der Waals surface area contributed by atoms with Crippen LogP contribution in [0.3, 0.4) is 0 Å². The van der Waals surface area contributed by atoms with Gasteiger partial charge < -0.3 is 24.3 Å². The van der Waals surface area contributed by atoms with Gasteiger partial charge in [-0.1, -0.05) is 6.07 Å². The fourth-order valence-electron chi connectivity index (χ4n) is 3.27. The predicted molar refractivity (Wildman–Crippen MR) is 125 cm³/mol. The van der Waals surface area contributed by atoms with Gasteiger partial charge in [0.2, 0.25) is 0 Å². The maximum absolute atomic E-state index is 13.0. The lowest BCUT2D eigenvalue weighted by Gasteiger charge is -2.16. The summed E-state index contributed by atoms with van der Waals surface area (Å²) in [6.45, 7) is 6.23. The van der Waals surface area contributed by atoms with Gasteiger partial charge in [0.05, 0.1) is 39.7 Å². The molecule has 8 heteroatoms. The Balaban J connectivity index is 1.80. The minimum absolute atomic E-state index is 0.174. The lowest BCUT2D eigenvalue weighted by Crippen LogP contribution is -2.26. The highest BCUT2D eigenvalue weighted by Gasteiger charge is 2.20. The number of nitrogens with one attached hydrogen (secondary N) is 1. The molecule has 0 fully saturated rings. The highest BCUT2D eigenvalue weighted by Crippen LogP contribution is 2.35. The molecule has 0 aliphatic heterocycles. The Hall–Kier alpha value is -3.26. The second-order valence-electron chi connectivity index (χ2n) is 7.04. The van der Waals surface area contributed by atoms with Crippen molar-refractivity contribution in [2.75, 3.05) is 27.9 Å². The lowest BCUT2D eigenvalue weighted by atomic mass is 10.1. The predicted octanol–water partition coefficient (Wildman–Crippen LogP) is 5.03. The van der Waals surface area contributed by atoms with Crippen molar-refractivity contribution in [3.63, 3.8) is 0 Å². The number of methoxy groups -OCH3 is 3. The topological polar surface area (TPSA) is 78.9 Å². The van der Waals surface area contributed by atoms with Crippen molar-refractivity contribution in [2.45, 2.75) is 26.8 Å². The van der Waals surface area contributed by atoms with E-state index in [1.807, 2.05) is 57.2 Å². The summed E-state index contributed by atoms with van der Waals surface area (Å²) < 4.78 is 21.7. The molecule has 0 spiro atoms. The standard InChI is InChI=1S/C24H28N2O5S/c1-7-31-19-11-8-16(12-21(19)30-6)14(2)25-23(27)22-15(3)26-24(32-22)17-9-10-18(28-4)20(13-17)29-5/h8-14H,7H2,1-6H3,(H,25,27). The van der Waals surface area contributed by atoms with E-state index in [-0.39, 0.29) is 11.9 Å². The number of ether oxygens (including phenoxy) is 4. The molecular formula is C24H28N2O5S. The van der Waals surface area contributed by atoms with Crippen molar-refractivity contribution in [1.82, 2.24) is 10.3 Å². The zero-order valence-electron chi connectivity index (χ0n) is 19.1. The van der Waals surface area contributed by atoms with Crippen LogP contribution in [0.4, 0.5) is 0 Å². The SMILES string of the molecule is CCOc1ccc(C(C)NC(=O)c2sc(-c3ccc(OC)c(OC)c3)nc2C)cc1OC. The number of hydrogen-bond donors (Lipinski definition) is 1. The summed E-state index contributed by atoms with van der Waals surface area (Å²) >= 11 is 1.34. The molecule has 1 N–H and O–H groups in total. The third-order valence-corrected chi connectivity index (χ3v) is 6.17. The Morgan fingerprint density at radius 2 is 1.66 bits per heavy atom. The molecule has 2 aromatic carbocycles. The molecule has 1 heterocycles. The van der Waals surface area contributed by atoms with Gasteiger partial charge in [0.1, 0.15) is 9.88 Å². The van der Waals surface area contributed by atoms with Crippen LogP contribution in [0.25, 0.3) is 10.6 Å². The first-order valence-corrected chi connectivity index (χ1v) is 11.0. The van der Waals surface area contributed by atoms with Crippen LogP contribution in [0.1, 0.15) is 40.8 Å². The third kappa shape index (κ3) is 4.96. The monoisotopic (exact) mass is 456 g/mol. The van der Waals surface area contributed by atoms with Gasteiger partial charge in [0.15, 0.2) is 23.0 Å². The van der Waals surface area contributed by atoms with Crippen molar-refractivity contribution in [2.24, 2.45) is 0 Å². The number of aryl methyl sites for hydroxylation is 1. The molecular weight excluding hydrogens is 428 g/mol. The number of thiazole rings is 1. The van der Waals surface area contributed by atoms with Crippen LogP contribution in [-0.2, 0) is 0 Å². The second kappa shape index (κ2) is 10.4. The Morgan fingerprint density at radius 1 is 1.00 bits per heavy atom. The molecule has 0 aliphatic carbocycles. The van der Waals surface area contributed by atoms with Crippen LogP contribution in [-0.4, -0.2) is 38.8 Å². The molecule has 0 radical (unpaired) electrons. The number of hydrogen-bond acceptors (Lipinski definition) is 7. The summed E-state index contributed by atoms with van der Waals surface area (Å²) in [7, 11) is 4.78. The summed E-state index contributed by atoms with van der Waals surface area (Å²) in [6, 6.07) is 11.0. The van der Waals surface area contributed by atoms with Crippen molar-refractivity contribution in [1.29, 1.82) is 0 Å². The Morgan fingerprint density at radius 3 is 2.31 bits per heavy atom. The molecule has 7 nitrogen and oxygen atoms in total. The summed E-state index contributed by atoms with van der Waals surface area (Å²) in [4.78, 5) is 18.2. The van der Waals surface area contributed by atoms with E-state index >= 15 is 0 Å². The number of carbonyl (C=O) groups is 1. The summed E-state index contributed by atoms with van der Waals surface area (Å²) in [5.74, 6) is 2.39. The Labute approximate surface area is 192 Å².